The molecule has 61 heavy (non-hydrogen) atoms. The molecule has 10 heterocycles. The first kappa shape index (κ1) is 37.6. The van der Waals surface area contributed by atoms with Crippen LogP contribution < -0.4 is 15.1 Å². The van der Waals surface area contributed by atoms with Gasteiger partial charge in [-0.3, -0.25) is 9.59 Å². The topological polar surface area (TPSA) is 156 Å². The van der Waals surface area contributed by atoms with E-state index in [2.05, 4.69) is 20.4 Å². The number of carbonyl (C=O) groups excluding carboxylic acids is 2. The van der Waals surface area contributed by atoms with Crippen molar-refractivity contribution in [2.24, 2.45) is 5.92 Å². The largest absolute Gasteiger partial charge is 0.378 e. The fourth-order valence-corrected chi connectivity index (χ4v) is 9.66. The van der Waals surface area contributed by atoms with E-state index >= 15 is 8.78 Å². The Morgan fingerprint density at radius 1 is 0.885 bits per heavy atom. The Bertz CT molecular complexity index is 2780. The molecule has 5 aromatic heterocycles. The highest BCUT2D eigenvalue weighted by Gasteiger charge is 2.53. The number of rotatable bonds is 6. The Balaban J connectivity index is 1.03. The quantitative estimate of drug-likeness (QED) is 0.257. The molecule has 6 aromatic rings. The van der Waals surface area contributed by atoms with Gasteiger partial charge in [-0.05, 0) is 56.7 Å². The molecular formula is C42H42F3N13O3. The summed E-state index contributed by atoms with van der Waals surface area (Å²) in [5, 5.41) is 8.44. The lowest BCUT2D eigenvalue weighted by Gasteiger charge is -2.55. The first-order valence-electron chi connectivity index (χ1n) is 20.6. The third-order valence-corrected chi connectivity index (χ3v) is 12.9. The van der Waals surface area contributed by atoms with E-state index in [1.54, 1.807) is 19.1 Å². The fraction of sp³-hybridized carbons (Fsp3) is 0.429. The number of nitrogens with one attached hydrogen (secondary N) is 1. The number of methoxy groups -OCH3 is 1. The average molecular weight is 834 g/mol. The predicted octanol–water partition coefficient (Wildman–Crippen LogP) is 4.09. The van der Waals surface area contributed by atoms with Crippen molar-refractivity contribution in [3.63, 3.8) is 0 Å². The molecule has 0 radical (unpaired) electrons. The van der Waals surface area contributed by atoms with E-state index in [0.717, 1.165) is 31.6 Å². The number of anilines is 3. The number of likely N-dealkylation sites (N-methyl/N-ethyl adjacent to an activating group) is 1. The van der Waals surface area contributed by atoms with Crippen LogP contribution in [0.25, 0.3) is 39.1 Å². The van der Waals surface area contributed by atoms with Gasteiger partial charge in [0.1, 0.15) is 41.2 Å². The standard InChI is InChI=1S/C42H42F3N13O3/c1-21-48-32-11-23(43)9-28-31-5-4-6-35(50-31)49-25-12-33(40(59)53(2)19-27(61-3)20-55(21)36(28)32)56(17-25)37-29-15-47-58(39-30(45)10-24(44)14-46-39)38(29)52-42(51-37)57-26-13-34(57)41(60)54(18-26)16-22-7-8-22/h4-6,9-11,14-15,22,25-27,33-34H,7-8,12-13,16-20H2,1-3H3,(H,49,50)/t25-,26+,27-,33-,34-/m0/s1. The molecule has 314 valence electrons. The van der Waals surface area contributed by atoms with Crippen molar-refractivity contribution in [1.82, 2.24) is 49.1 Å². The Hall–Kier alpha value is -6.37. The molecule has 1 aliphatic carbocycles. The van der Waals surface area contributed by atoms with Crippen LogP contribution in [0.15, 0.2) is 48.8 Å². The molecular weight excluding hydrogens is 792 g/mol. The lowest BCUT2D eigenvalue weighted by molar-refractivity contribution is -0.140. The zero-order chi connectivity index (χ0) is 41.8. The van der Waals surface area contributed by atoms with Crippen LogP contribution in [0.3, 0.4) is 0 Å². The summed E-state index contributed by atoms with van der Waals surface area (Å²) in [6.07, 6.45) is 5.16. The molecule has 6 aliphatic rings. The van der Waals surface area contributed by atoms with Crippen molar-refractivity contribution in [2.45, 2.75) is 69.4 Å². The number of halogens is 3. The summed E-state index contributed by atoms with van der Waals surface area (Å²) < 4.78 is 53.8. The van der Waals surface area contributed by atoms with Crippen molar-refractivity contribution in [1.29, 1.82) is 0 Å². The molecule has 1 aromatic carbocycles. The summed E-state index contributed by atoms with van der Waals surface area (Å²) in [5.74, 6) is -0.335. The van der Waals surface area contributed by atoms with Gasteiger partial charge >= 0.3 is 0 Å². The maximum absolute atomic E-state index is 15.4. The van der Waals surface area contributed by atoms with Crippen molar-refractivity contribution < 1.29 is 27.5 Å². The number of hydrogen-bond acceptors (Lipinski definition) is 12. The van der Waals surface area contributed by atoms with E-state index in [0.29, 0.717) is 77.0 Å². The van der Waals surface area contributed by atoms with E-state index in [4.69, 9.17) is 19.7 Å². The minimum atomic E-state index is -0.939. The number of nitrogens with zero attached hydrogens (tertiary/aromatic N) is 12. The zero-order valence-electron chi connectivity index (χ0n) is 33.7. The van der Waals surface area contributed by atoms with Gasteiger partial charge in [0.2, 0.25) is 17.8 Å². The Morgan fingerprint density at radius 2 is 1.74 bits per heavy atom. The minimum Gasteiger partial charge on any atom is -0.378 e. The molecule has 5 fully saturated rings. The van der Waals surface area contributed by atoms with Crippen molar-refractivity contribution in [2.75, 3.05) is 55.5 Å². The van der Waals surface area contributed by atoms with Gasteiger partial charge in [-0.15, -0.1) is 0 Å². The van der Waals surface area contributed by atoms with Crippen LogP contribution in [-0.2, 0) is 20.9 Å². The number of hydrogen-bond donors (Lipinski definition) is 1. The van der Waals surface area contributed by atoms with Crippen LogP contribution in [0.4, 0.5) is 30.8 Å². The maximum Gasteiger partial charge on any atom is 0.245 e. The molecule has 19 heteroatoms. The van der Waals surface area contributed by atoms with E-state index in [1.807, 2.05) is 44.4 Å². The predicted molar refractivity (Wildman–Crippen MR) is 218 cm³/mol. The number of ether oxygens (including phenoxy) is 1. The number of benzene rings is 1. The van der Waals surface area contributed by atoms with E-state index in [9.17, 15) is 14.0 Å². The maximum atomic E-state index is 15.4. The normalized spacial score (nSPS) is 24.0. The number of fused-ring (bicyclic) bond motifs is 8. The van der Waals surface area contributed by atoms with Crippen LogP contribution in [0.5, 0.6) is 0 Å². The number of carbonyl (C=O) groups is 2. The van der Waals surface area contributed by atoms with Gasteiger partial charge in [0, 0.05) is 64.1 Å². The van der Waals surface area contributed by atoms with Crippen molar-refractivity contribution in [3.05, 3.63) is 72.1 Å². The second kappa shape index (κ2) is 14.1. The molecule has 5 aliphatic heterocycles. The number of amides is 2. The summed E-state index contributed by atoms with van der Waals surface area (Å²) in [5.41, 5.74) is 2.50. The second-order valence-electron chi connectivity index (χ2n) is 16.9. The molecule has 4 saturated heterocycles. The molecule has 1 N–H and O–H groups in total. The summed E-state index contributed by atoms with van der Waals surface area (Å²) in [7, 11) is 3.33. The highest BCUT2D eigenvalue weighted by atomic mass is 19.1. The summed E-state index contributed by atoms with van der Waals surface area (Å²) in [6, 6.07) is 7.50. The van der Waals surface area contributed by atoms with Crippen molar-refractivity contribution in [3.8, 4) is 17.1 Å². The molecule has 5 atom stereocenters. The highest BCUT2D eigenvalue weighted by molar-refractivity contribution is 5.95. The Morgan fingerprint density at radius 3 is 2.52 bits per heavy atom. The zero-order valence-corrected chi connectivity index (χ0v) is 33.7. The second-order valence-corrected chi connectivity index (χ2v) is 16.9. The van der Waals surface area contributed by atoms with Gasteiger partial charge in [0.15, 0.2) is 17.3 Å². The monoisotopic (exact) mass is 833 g/mol. The van der Waals surface area contributed by atoms with E-state index in [1.165, 1.54) is 23.0 Å². The molecule has 6 bridgehead atoms. The lowest BCUT2D eigenvalue weighted by atomic mass is 9.87. The van der Waals surface area contributed by atoms with Gasteiger partial charge in [-0.25, -0.2) is 28.1 Å². The number of pyridine rings is 2. The van der Waals surface area contributed by atoms with Crippen LogP contribution in [0, 0.1) is 30.3 Å². The Labute approximate surface area is 347 Å². The number of imidazole rings is 1. The first-order valence-corrected chi connectivity index (χ1v) is 20.6. The molecule has 16 nitrogen and oxygen atoms in total. The van der Waals surface area contributed by atoms with Crippen LogP contribution in [0.1, 0.15) is 31.5 Å². The summed E-state index contributed by atoms with van der Waals surface area (Å²) >= 11 is 0. The third kappa shape index (κ3) is 6.30. The number of aromatic nitrogens is 8. The SMILES string of the molecule is CO[C@H]1CN(C)C(=O)[C@@H]2C[C@@H](CN2c2nc(N3[C@@H]4C[C@H]3C(=O)N(CC3CC3)C4)nc3c2cnn3-c2ncc(F)cc2F)Nc2cccc(n2)-c2cc(F)cc3nc(C)n(c23)C1. The number of piperidine rings is 1. The number of aryl methyl sites for hydroxylation is 1. The summed E-state index contributed by atoms with van der Waals surface area (Å²) in [6.45, 7) is 3.94. The number of piperazine rings is 1. The third-order valence-electron chi connectivity index (χ3n) is 12.9. The minimum absolute atomic E-state index is 0.0204. The van der Waals surface area contributed by atoms with Gasteiger partial charge in [0.25, 0.3) is 0 Å². The molecule has 1 saturated carbocycles. The summed E-state index contributed by atoms with van der Waals surface area (Å²) in [4.78, 5) is 59.8. The van der Waals surface area contributed by atoms with Gasteiger partial charge in [-0.1, -0.05) is 6.07 Å². The smallest absolute Gasteiger partial charge is 0.245 e. The molecule has 12 rings (SSSR count). The van der Waals surface area contributed by atoms with Crippen LogP contribution >= 0.6 is 0 Å². The fourth-order valence-electron chi connectivity index (χ4n) is 9.66. The van der Waals surface area contributed by atoms with E-state index in [-0.39, 0.29) is 54.4 Å². The van der Waals surface area contributed by atoms with Gasteiger partial charge in [-0.2, -0.15) is 19.7 Å². The van der Waals surface area contributed by atoms with Crippen molar-refractivity contribution >= 4 is 51.5 Å². The lowest BCUT2D eigenvalue weighted by Crippen LogP contribution is -2.72. The molecule has 2 amide bonds. The van der Waals surface area contributed by atoms with Crippen LogP contribution in [0.2, 0.25) is 0 Å². The van der Waals surface area contributed by atoms with Crippen LogP contribution in [-0.4, -0.2) is 131 Å². The molecule has 0 spiro atoms. The molecule has 0 unspecified atom stereocenters. The van der Waals surface area contributed by atoms with E-state index < -0.39 is 35.6 Å². The first-order chi connectivity index (χ1) is 29.5. The van der Waals surface area contributed by atoms with Gasteiger partial charge < -0.3 is 34.2 Å². The Kier molecular flexibility index (Phi) is 8.70. The van der Waals surface area contributed by atoms with Gasteiger partial charge in [0.05, 0.1) is 53.2 Å². The highest BCUT2D eigenvalue weighted by Crippen LogP contribution is 2.42. The average Bonchev–Trinajstić information content (AvgIpc) is 3.65.